The Morgan fingerprint density at radius 3 is 2.53 bits per heavy atom. The highest BCUT2D eigenvalue weighted by molar-refractivity contribution is 6.36. The van der Waals surface area contributed by atoms with E-state index in [9.17, 15) is 9.59 Å². The number of nitrogens with zero attached hydrogens (tertiary/aromatic N) is 1. The molecule has 1 amide bonds. The Balaban J connectivity index is 1.72. The number of hydrazone groups is 1. The number of carbonyl (C=O) groups is 2. The zero-order valence-electron chi connectivity index (χ0n) is 19.2. The summed E-state index contributed by atoms with van der Waals surface area (Å²) in [6.07, 6.45) is 8.60. The van der Waals surface area contributed by atoms with E-state index in [0.29, 0.717) is 22.8 Å². The molecule has 0 heterocycles. The first-order valence-electron chi connectivity index (χ1n) is 11.5. The first-order valence-corrected chi connectivity index (χ1v) is 12.3. The molecule has 0 bridgehead atoms. The van der Waals surface area contributed by atoms with Crippen molar-refractivity contribution in [3.05, 3.63) is 75.8 Å². The smallest absolute Gasteiger partial charge is 0.345 e. The molecular weight excluding hydrogens is 471 g/mol. The highest BCUT2D eigenvalue weighted by Gasteiger charge is 2.16. The molecule has 0 aliphatic heterocycles. The van der Waals surface area contributed by atoms with E-state index in [2.05, 4.69) is 17.5 Å². The summed E-state index contributed by atoms with van der Waals surface area (Å²) in [6.45, 7) is 2.18. The molecule has 0 unspecified atom stereocenters. The number of esters is 1. The first-order chi connectivity index (χ1) is 16.5. The number of halogens is 2. The topological polar surface area (TPSA) is 67.8 Å². The highest BCUT2D eigenvalue weighted by atomic mass is 35.5. The predicted molar refractivity (Wildman–Crippen MR) is 139 cm³/mol. The van der Waals surface area contributed by atoms with Crippen LogP contribution in [0.5, 0.6) is 5.75 Å². The number of fused-ring (bicyclic) bond motifs is 1. The fourth-order valence-electron chi connectivity index (χ4n) is 3.60. The molecule has 0 atom stereocenters. The molecule has 0 spiro atoms. The summed E-state index contributed by atoms with van der Waals surface area (Å²) in [5.74, 6) is -0.444. The lowest BCUT2D eigenvalue weighted by Crippen LogP contribution is -2.17. The standard InChI is InChI=1S/C27H28Cl2N2O3/c1-2-3-4-5-6-7-12-26(32)31-30-18-23-21-11-9-8-10-19(21)13-16-25(23)34-27(33)22-15-14-20(28)17-24(22)29/h8-11,13-18H,2-7,12H2,1H3,(H,31,32). The van der Waals surface area contributed by atoms with Crippen LogP contribution in [0.15, 0.2) is 59.7 Å². The van der Waals surface area contributed by atoms with Crippen LogP contribution in [0, 0.1) is 0 Å². The lowest BCUT2D eigenvalue weighted by atomic mass is 10.0. The summed E-state index contributed by atoms with van der Waals surface area (Å²) in [5.41, 5.74) is 3.36. The van der Waals surface area contributed by atoms with Gasteiger partial charge in [0.15, 0.2) is 0 Å². The summed E-state index contributed by atoms with van der Waals surface area (Å²) in [4.78, 5) is 24.9. The molecule has 3 rings (SSSR count). The second kappa shape index (κ2) is 13.1. The summed E-state index contributed by atoms with van der Waals surface area (Å²) >= 11 is 12.1. The van der Waals surface area contributed by atoms with Gasteiger partial charge in [-0.1, -0.05) is 92.6 Å². The lowest BCUT2D eigenvalue weighted by Gasteiger charge is -2.11. The second-order valence-electron chi connectivity index (χ2n) is 8.02. The number of rotatable bonds is 11. The molecule has 0 saturated carbocycles. The molecular formula is C27H28Cl2N2O3. The van der Waals surface area contributed by atoms with Crippen molar-refractivity contribution in [3.63, 3.8) is 0 Å². The SMILES string of the molecule is CCCCCCCCC(=O)NN=Cc1c(OC(=O)c2ccc(Cl)cc2Cl)ccc2ccccc12. The van der Waals surface area contributed by atoms with Crippen LogP contribution in [0.4, 0.5) is 0 Å². The maximum atomic E-state index is 12.8. The average molecular weight is 499 g/mol. The molecule has 1 N–H and O–H groups in total. The van der Waals surface area contributed by atoms with Crippen LogP contribution in [0.2, 0.25) is 10.0 Å². The molecule has 3 aromatic carbocycles. The van der Waals surface area contributed by atoms with Crippen molar-refractivity contribution in [3.8, 4) is 5.75 Å². The lowest BCUT2D eigenvalue weighted by molar-refractivity contribution is -0.121. The van der Waals surface area contributed by atoms with E-state index in [1.54, 1.807) is 12.1 Å². The van der Waals surface area contributed by atoms with Crippen molar-refractivity contribution in [1.29, 1.82) is 0 Å². The summed E-state index contributed by atoms with van der Waals surface area (Å²) < 4.78 is 5.66. The van der Waals surface area contributed by atoms with Crippen molar-refractivity contribution < 1.29 is 14.3 Å². The normalized spacial score (nSPS) is 11.1. The number of nitrogens with one attached hydrogen (secondary N) is 1. The summed E-state index contributed by atoms with van der Waals surface area (Å²) in [7, 11) is 0. The van der Waals surface area contributed by atoms with E-state index < -0.39 is 5.97 Å². The third kappa shape index (κ3) is 7.31. The molecule has 178 valence electrons. The first kappa shape index (κ1) is 25.7. The van der Waals surface area contributed by atoms with Gasteiger partial charge in [0.05, 0.1) is 16.8 Å². The van der Waals surface area contributed by atoms with Crippen molar-refractivity contribution in [2.45, 2.75) is 51.9 Å². The minimum Gasteiger partial charge on any atom is -0.422 e. The summed E-state index contributed by atoms with van der Waals surface area (Å²) in [5, 5.41) is 6.55. The van der Waals surface area contributed by atoms with Gasteiger partial charge in [-0.2, -0.15) is 5.10 Å². The van der Waals surface area contributed by atoms with Crippen LogP contribution in [-0.2, 0) is 4.79 Å². The van der Waals surface area contributed by atoms with Gasteiger partial charge in [-0.25, -0.2) is 10.2 Å². The van der Waals surface area contributed by atoms with E-state index in [4.69, 9.17) is 27.9 Å². The predicted octanol–water partition coefficient (Wildman–Crippen LogP) is 7.57. The van der Waals surface area contributed by atoms with Gasteiger partial charge in [0.2, 0.25) is 5.91 Å². The molecule has 3 aromatic rings. The van der Waals surface area contributed by atoms with E-state index in [1.165, 1.54) is 37.6 Å². The number of hydrogen-bond donors (Lipinski definition) is 1. The van der Waals surface area contributed by atoms with Gasteiger partial charge in [0.1, 0.15) is 5.75 Å². The number of ether oxygens (including phenoxy) is 1. The molecule has 0 fully saturated rings. The largest absolute Gasteiger partial charge is 0.422 e. The van der Waals surface area contributed by atoms with Gasteiger partial charge >= 0.3 is 5.97 Å². The third-order valence-corrected chi connectivity index (χ3v) is 5.97. The van der Waals surface area contributed by atoms with Crippen LogP contribution in [0.3, 0.4) is 0 Å². The number of amides is 1. The Kier molecular flexibility index (Phi) is 9.92. The quantitative estimate of drug-likeness (QED) is 0.0973. The Hall–Kier alpha value is -2.89. The van der Waals surface area contributed by atoms with E-state index >= 15 is 0 Å². The van der Waals surface area contributed by atoms with Crippen molar-refractivity contribution in [2.24, 2.45) is 5.10 Å². The van der Waals surface area contributed by atoms with Crippen LogP contribution in [-0.4, -0.2) is 18.1 Å². The number of hydrogen-bond acceptors (Lipinski definition) is 4. The second-order valence-corrected chi connectivity index (χ2v) is 8.87. The molecule has 34 heavy (non-hydrogen) atoms. The van der Waals surface area contributed by atoms with Gasteiger partial charge in [-0.15, -0.1) is 0 Å². The van der Waals surface area contributed by atoms with Crippen LogP contribution < -0.4 is 10.2 Å². The third-order valence-electron chi connectivity index (χ3n) is 5.42. The zero-order valence-corrected chi connectivity index (χ0v) is 20.7. The Bertz CT molecular complexity index is 1180. The van der Waals surface area contributed by atoms with E-state index in [1.807, 2.05) is 30.3 Å². The number of benzene rings is 3. The van der Waals surface area contributed by atoms with Gasteiger partial charge in [-0.3, -0.25) is 4.79 Å². The van der Waals surface area contributed by atoms with Gasteiger partial charge in [0, 0.05) is 17.0 Å². The highest BCUT2D eigenvalue weighted by Crippen LogP contribution is 2.29. The van der Waals surface area contributed by atoms with Crippen LogP contribution in [0.1, 0.15) is 67.8 Å². The molecule has 0 radical (unpaired) electrons. The molecule has 5 nitrogen and oxygen atoms in total. The zero-order chi connectivity index (χ0) is 24.3. The minimum absolute atomic E-state index is 0.140. The number of unbranched alkanes of at least 4 members (excludes halogenated alkanes) is 5. The number of carbonyl (C=O) groups excluding carboxylic acids is 2. The van der Waals surface area contributed by atoms with Crippen molar-refractivity contribution in [1.82, 2.24) is 5.43 Å². The maximum Gasteiger partial charge on any atom is 0.345 e. The van der Waals surface area contributed by atoms with E-state index in [0.717, 1.165) is 30.0 Å². The molecule has 0 saturated heterocycles. The molecule has 0 aromatic heterocycles. The fourth-order valence-corrected chi connectivity index (χ4v) is 4.08. The Labute approximate surface area is 210 Å². The molecule has 7 heteroatoms. The average Bonchev–Trinajstić information content (AvgIpc) is 2.82. The Morgan fingerprint density at radius 2 is 1.74 bits per heavy atom. The maximum absolute atomic E-state index is 12.8. The molecule has 0 aliphatic carbocycles. The summed E-state index contributed by atoms with van der Waals surface area (Å²) in [6, 6.07) is 15.8. The van der Waals surface area contributed by atoms with Gasteiger partial charge < -0.3 is 4.74 Å². The Morgan fingerprint density at radius 1 is 0.971 bits per heavy atom. The molecule has 0 aliphatic rings. The van der Waals surface area contributed by atoms with Crippen molar-refractivity contribution >= 4 is 52.1 Å². The fraction of sp³-hybridized carbons (Fsp3) is 0.296. The monoisotopic (exact) mass is 498 g/mol. The van der Waals surface area contributed by atoms with E-state index in [-0.39, 0.29) is 16.5 Å². The van der Waals surface area contributed by atoms with Gasteiger partial charge in [0.25, 0.3) is 0 Å². The van der Waals surface area contributed by atoms with Crippen LogP contribution >= 0.6 is 23.2 Å². The van der Waals surface area contributed by atoms with Gasteiger partial charge in [-0.05, 0) is 41.5 Å². The van der Waals surface area contributed by atoms with Crippen LogP contribution in [0.25, 0.3) is 10.8 Å². The van der Waals surface area contributed by atoms with Crippen molar-refractivity contribution in [2.75, 3.05) is 0 Å². The minimum atomic E-state index is -0.612.